The van der Waals surface area contributed by atoms with Crippen LogP contribution in [0.5, 0.6) is 0 Å². The number of anilines is 1. The number of hydrogen-bond acceptors (Lipinski definition) is 4. The zero-order chi connectivity index (χ0) is 17.1. The Morgan fingerprint density at radius 1 is 1.17 bits per heavy atom. The average molecular weight is 323 g/mol. The smallest absolute Gasteiger partial charge is 0.337 e. The molecule has 0 fully saturated rings. The van der Waals surface area contributed by atoms with E-state index in [1.54, 1.807) is 12.1 Å². The van der Waals surface area contributed by atoms with Gasteiger partial charge in [0.15, 0.2) is 0 Å². The molecule has 0 aliphatic carbocycles. The Bertz CT molecular complexity index is 898. The van der Waals surface area contributed by atoms with Crippen molar-refractivity contribution in [1.29, 1.82) is 0 Å². The third-order valence-electron chi connectivity index (χ3n) is 3.59. The lowest BCUT2D eigenvalue weighted by Crippen LogP contribution is -2.05. The molecule has 122 valence electrons. The molecule has 0 aliphatic heterocycles. The highest BCUT2D eigenvalue weighted by Crippen LogP contribution is 2.18. The number of aromatic nitrogens is 2. The summed E-state index contributed by atoms with van der Waals surface area (Å²) in [5.74, 6) is -0.462. The number of carbonyl (C=O) groups excluding carboxylic acids is 2. The van der Waals surface area contributed by atoms with Crippen molar-refractivity contribution >= 4 is 28.5 Å². The molecular weight excluding hydrogens is 306 g/mol. The van der Waals surface area contributed by atoms with Crippen LogP contribution in [0.25, 0.3) is 10.9 Å². The summed E-state index contributed by atoms with van der Waals surface area (Å²) < 4.78 is 6.52. The van der Waals surface area contributed by atoms with E-state index in [9.17, 15) is 9.59 Å². The summed E-state index contributed by atoms with van der Waals surface area (Å²) in [6, 6.07) is 12.8. The molecule has 1 N–H and O–H groups in total. The first-order valence-corrected chi connectivity index (χ1v) is 7.47. The van der Waals surface area contributed by atoms with Gasteiger partial charge in [-0.3, -0.25) is 9.48 Å². The highest BCUT2D eigenvalue weighted by Gasteiger charge is 2.06. The number of hydrogen-bond donors (Lipinski definition) is 1. The van der Waals surface area contributed by atoms with Crippen molar-refractivity contribution in [3.63, 3.8) is 0 Å². The molecule has 1 amide bonds. The third-order valence-corrected chi connectivity index (χ3v) is 3.59. The highest BCUT2D eigenvalue weighted by atomic mass is 16.5. The van der Waals surface area contributed by atoms with Crippen LogP contribution in [-0.2, 0) is 16.1 Å². The van der Waals surface area contributed by atoms with E-state index in [2.05, 4.69) is 15.2 Å². The maximum Gasteiger partial charge on any atom is 0.337 e. The number of ether oxygens (including phenoxy) is 1. The quantitative estimate of drug-likeness (QED) is 0.749. The van der Waals surface area contributed by atoms with E-state index in [0.29, 0.717) is 12.1 Å². The Kier molecular flexibility index (Phi) is 4.29. The molecule has 1 heterocycles. The van der Waals surface area contributed by atoms with Crippen LogP contribution in [-0.4, -0.2) is 28.8 Å². The number of fused-ring (bicyclic) bond motifs is 1. The number of rotatable bonds is 4. The zero-order valence-corrected chi connectivity index (χ0v) is 13.4. The lowest BCUT2D eigenvalue weighted by molar-refractivity contribution is -0.114. The molecule has 2 aromatic carbocycles. The van der Waals surface area contributed by atoms with Crippen molar-refractivity contribution in [3.8, 4) is 0 Å². The molecule has 1 aromatic heterocycles. The van der Waals surface area contributed by atoms with Crippen LogP contribution < -0.4 is 5.32 Å². The highest BCUT2D eigenvalue weighted by molar-refractivity contribution is 5.92. The number of amides is 1. The van der Waals surface area contributed by atoms with Gasteiger partial charge in [0.1, 0.15) is 0 Å². The van der Waals surface area contributed by atoms with Crippen molar-refractivity contribution in [2.24, 2.45) is 0 Å². The Morgan fingerprint density at radius 3 is 2.58 bits per heavy atom. The van der Waals surface area contributed by atoms with Crippen LogP contribution in [0.3, 0.4) is 0 Å². The molecule has 24 heavy (non-hydrogen) atoms. The van der Waals surface area contributed by atoms with Crippen LogP contribution >= 0.6 is 0 Å². The summed E-state index contributed by atoms with van der Waals surface area (Å²) in [4.78, 5) is 22.6. The van der Waals surface area contributed by atoms with E-state index in [1.165, 1.54) is 14.0 Å². The predicted octanol–water partition coefficient (Wildman–Crippen LogP) is 2.83. The Hall–Kier alpha value is -3.15. The molecule has 6 nitrogen and oxygen atoms in total. The average Bonchev–Trinajstić information content (AvgIpc) is 2.95. The Morgan fingerprint density at radius 2 is 1.92 bits per heavy atom. The molecule has 0 radical (unpaired) electrons. The number of nitrogens with zero attached hydrogens (tertiary/aromatic N) is 2. The van der Waals surface area contributed by atoms with Gasteiger partial charge >= 0.3 is 5.97 Å². The second-order valence-electron chi connectivity index (χ2n) is 5.47. The van der Waals surface area contributed by atoms with Crippen molar-refractivity contribution < 1.29 is 14.3 Å². The fourth-order valence-electron chi connectivity index (χ4n) is 2.48. The van der Waals surface area contributed by atoms with E-state index < -0.39 is 0 Å². The molecule has 0 spiro atoms. The SMILES string of the molecule is COC(=O)c1ccc(Cn2cc3ccc(NC(C)=O)cc3n2)cc1. The van der Waals surface area contributed by atoms with E-state index in [0.717, 1.165) is 22.2 Å². The van der Waals surface area contributed by atoms with Gasteiger partial charge in [0.2, 0.25) is 5.91 Å². The topological polar surface area (TPSA) is 73.2 Å². The van der Waals surface area contributed by atoms with Gasteiger partial charge in [0.25, 0.3) is 0 Å². The number of nitrogens with one attached hydrogen (secondary N) is 1. The zero-order valence-electron chi connectivity index (χ0n) is 13.4. The van der Waals surface area contributed by atoms with Gasteiger partial charge < -0.3 is 10.1 Å². The lowest BCUT2D eigenvalue weighted by atomic mass is 10.1. The first-order chi connectivity index (χ1) is 11.5. The fraction of sp³-hybridized carbons (Fsp3) is 0.167. The third kappa shape index (κ3) is 3.43. The molecule has 0 aliphatic rings. The summed E-state index contributed by atoms with van der Waals surface area (Å²) in [6.45, 7) is 2.06. The first kappa shape index (κ1) is 15.7. The molecule has 0 saturated carbocycles. The Labute approximate surface area is 139 Å². The summed E-state index contributed by atoms with van der Waals surface area (Å²) >= 11 is 0. The van der Waals surface area contributed by atoms with Crippen molar-refractivity contribution in [2.75, 3.05) is 12.4 Å². The van der Waals surface area contributed by atoms with Crippen molar-refractivity contribution in [3.05, 3.63) is 59.8 Å². The van der Waals surface area contributed by atoms with Gasteiger partial charge in [0.05, 0.1) is 24.7 Å². The number of methoxy groups -OCH3 is 1. The minimum absolute atomic E-state index is 0.112. The minimum Gasteiger partial charge on any atom is -0.465 e. The van der Waals surface area contributed by atoms with Gasteiger partial charge in [-0.25, -0.2) is 4.79 Å². The normalized spacial score (nSPS) is 10.6. The van der Waals surface area contributed by atoms with Crippen LogP contribution in [0.15, 0.2) is 48.7 Å². The van der Waals surface area contributed by atoms with Crippen LogP contribution in [0.4, 0.5) is 5.69 Å². The molecule has 0 bridgehead atoms. The summed E-state index contributed by atoms with van der Waals surface area (Å²) in [6.07, 6.45) is 1.95. The molecule has 6 heteroatoms. The van der Waals surface area contributed by atoms with Gasteiger partial charge in [-0.05, 0) is 35.9 Å². The summed E-state index contributed by atoms with van der Waals surface area (Å²) in [5.41, 5.74) is 3.08. The molecule has 0 saturated heterocycles. The standard InChI is InChI=1S/C18H17N3O3/c1-12(22)19-16-8-7-15-11-21(20-17(15)9-16)10-13-3-5-14(6-4-13)18(23)24-2/h3-9,11H,10H2,1-2H3,(H,19,22). The van der Waals surface area contributed by atoms with Gasteiger partial charge in [-0.15, -0.1) is 0 Å². The molecule has 0 atom stereocenters. The van der Waals surface area contributed by atoms with Gasteiger partial charge in [-0.1, -0.05) is 12.1 Å². The second kappa shape index (κ2) is 6.54. The van der Waals surface area contributed by atoms with E-state index in [4.69, 9.17) is 0 Å². The predicted molar refractivity (Wildman–Crippen MR) is 90.9 cm³/mol. The number of carbonyl (C=O) groups is 2. The molecule has 0 unspecified atom stereocenters. The second-order valence-corrected chi connectivity index (χ2v) is 5.47. The van der Waals surface area contributed by atoms with Gasteiger partial charge in [-0.2, -0.15) is 5.10 Å². The summed E-state index contributed by atoms with van der Waals surface area (Å²) in [5, 5.41) is 8.27. The van der Waals surface area contributed by atoms with Gasteiger partial charge in [0, 0.05) is 24.2 Å². The molecule has 3 aromatic rings. The minimum atomic E-state index is -0.350. The Balaban J connectivity index is 1.79. The van der Waals surface area contributed by atoms with E-state index >= 15 is 0 Å². The lowest BCUT2D eigenvalue weighted by Gasteiger charge is -2.03. The van der Waals surface area contributed by atoms with E-state index in [-0.39, 0.29) is 11.9 Å². The molecular formula is C18H17N3O3. The largest absolute Gasteiger partial charge is 0.465 e. The van der Waals surface area contributed by atoms with Crippen LogP contribution in [0.2, 0.25) is 0 Å². The molecule has 3 rings (SSSR count). The number of benzene rings is 2. The monoisotopic (exact) mass is 323 g/mol. The van der Waals surface area contributed by atoms with Crippen molar-refractivity contribution in [1.82, 2.24) is 9.78 Å². The maximum atomic E-state index is 11.4. The van der Waals surface area contributed by atoms with E-state index in [1.807, 2.05) is 41.2 Å². The fourth-order valence-corrected chi connectivity index (χ4v) is 2.48. The number of esters is 1. The van der Waals surface area contributed by atoms with Crippen molar-refractivity contribution in [2.45, 2.75) is 13.5 Å². The van der Waals surface area contributed by atoms with Crippen LogP contribution in [0.1, 0.15) is 22.8 Å². The maximum absolute atomic E-state index is 11.4. The summed E-state index contributed by atoms with van der Waals surface area (Å²) in [7, 11) is 1.36. The van der Waals surface area contributed by atoms with Crippen LogP contribution in [0, 0.1) is 0 Å². The first-order valence-electron chi connectivity index (χ1n) is 7.47.